The van der Waals surface area contributed by atoms with E-state index in [1.807, 2.05) is 0 Å². The summed E-state index contributed by atoms with van der Waals surface area (Å²) in [7, 11) is 0. The molecule has 0 radical (unpaired) electrons. The Labute approximate surface area is 76.2 Å². The molecule has 1 saturated heterocycles. The number of hydrogen-bond acceptors (Lipinski definition) is 4. The van der Waals surface area contributed by atoms with E-state index < -0.39 is 5.97 Å². The van der Waals surface area contributed by atoms with Crippen LogP contribution in [0.3, 0.4) is 0 Å². The molecule has 0 aromatic rings. The van der Waals surface area contributed by atoms with Crippen molar-refractivity contribution in [1.82, 2.24) is 5.32 Å². The van der Waals surface area contributed by atoms with Gasteiger partial charge in [-0.3, -0.25) is 5.32 Å². The molecule has 1 aliphatic heterocycles. The van der Waals surface area contributed by atoms with Gasteiger partial charge in [0.1, 0.15) is 0 Å². The van der Waals surface area contributed by atoms with Gasteiger partial charge in [-0.25, -0.2) is 4.79 Å². The normalized spacial score (nSPS) is 21.2. The molecule has 12 heavy (non-hydrogen) atoms. The fraction of sp³-hybridized carbons (Fsp3) is 0.625. The molecule has 0 saturated carbocycles. The van der Waals surface area contributed by atoms with Gasteiger partial charge < -0.3 is 4.74 Å². The van der Waals surface area contributed by atoms with Gasteiger partial charge in [0, 0.05) is 17.6 Å². The Hall–Kier alpha value is -0.660. The number of carbonyl (C=O) groups is 1. The summed E-state index contributed by atoms with van der Waals surface area (Å²) in [5.41, 5.74) is 0. The Bertz CT molecular complexity index is 213. The minimum Gasteiger partial charge on any atom is -0.456 e. The van der Waals surface area contributed by atoms with Crippen molar-refractivity contribution in [1.29, 1.82) is 0 Å². The first-order valence-electron chi connectivity index (χ1n) is 3.82. The van der Waals surface area contributed by atoms with Crippen molar-refractivity contribution in [3.8, 4) is 11.8 Å². The summed E-state index contributed by atoms with van der Waals surface area (Å²) in [6.07, 6.45) is 0. The molecule has 1 unspecified atom stereocenters. The third-order valence-corrected chi connectivity index (χ3v) is 2.28. The highest BCUT2D eigenvalue weighted by Gasteiger charge is 2.10. The second-order valence-electron chi connectivity index (χ2n) is 2.26. The molecule has 4 heteroatoms. The average molecular weight is 185 g/mol. The van der Waals surface area contributed by atoms with Crippen molar-refractivity contribution in [3.63, 3.8) is 0 Å². The van der Waals surface area contributed by atoms with Crippen LogP contribution in [0.4, 0.5) is 0 Å². The van der Waals surface area contributed by atoms with Crippen molar-refractivity contribution in [3.05, 3.63) is 0 Å². The van der Waals surface area contributed by atoms with Gasteiger partial charge in [0.15, 0.2) is 0 Å². The number of esters is 1. The highest BCUT2D eigenvalue weighted by Crippen LogP contribution is 2.07. The van der Waals surface area contributed by atoms with Crippen LogP contribution in [-0.4, -0.2) is 30.2 Å². The third-order valence-electron chi connectivity index (χ3n) is 1.34. The van der Waals surface area contributed by atoms with E-state index in [1.165, 1.54) is 0 Å². The molecule has 1 aliphatic rings. The van der Waals surface area contributed by atoms with Crippen molar-refractivity contribution < 1.29 is 9.53 Å². The minimum atomic E-state index is -0.434. The summed E-state index contributed by atoms with van der Waals surface area (Å²) in [4.78, 5) is 10.8. The summed E-state index contributed by atoms with van der Waals surface area (Å²) < 4.78 is 4.65. The second-order valence-corrected chi connectivity index (χ2v) is 3.29. The predicted molar refractivity (Wildman–Crippen MR) is 48.7 cm³/mol. The smallest absolute Gasteiger partial charge is 0.384 e. The highest BCUT2D eigenvalue weighted by atomic mass is 32.2. The number of carbonyl (C=O) groups excluding carboxylic acids is 1. The topological polar surface area (TPSA) is 38.3 Å². The summed E-state index contributed by atoms with van der Waals surface area (Å²) in [6.45, 7) is 2.16. The van der Waals surface area contributed by atoms with Gasteiger partial charge in [0.05, 0.1) is 12.6 Å². The quantitative estimate of drug-likeness (QED) is 0.360. The maximum atomic E-state index is 10.8. The molecule has 1 atom stereocenters. The Morgan fingerprint density at radius 3 is 3.25 bits per heavy atom. The van der Waals surface area contributed by atoms with Gasteiger partial charge in [0.2, 0.25) is 0 Å². The molecule has 0 aromatic carbocycles. The number of rotatable bonds is 1. The molecule has 3 nitrogen and oxygen atoms in total. The largest absolute Gasteiger partial charge is 0.456 e. The van der Waals surface area contributed by atoms with Crippen LogP contribution in [0.2, 0.25) is 0 Å². The number of thioether (sulfide) groups is 1. The fourth-order valence-corrected chi connectivity index (χ4v) is 1.67. The maximum absolute atomic E-state index is 10.8. The summed E-state index contributed by atoms with van der Waals surface area (Å²) in [5, 5.41) is 3.14. The van der Waals surface area contributed by atoms with Crippen LogP contribution in [-0.2, 0) is 9.53 Å². The zero-order valence-electron chi connectivity index (χ0n) is 6.92. The van der Waals surface area contributed by atoms with Crippen molar-refractivity contribution in [2.45, 2.75) is 13.0 Å². The molecule has 0 spiro atoms. The summed E-state index contributed by atoms with van der Waals surface area (Å²) in [5.74, 6) is 6.68. The van der Waals surface area contributed by atoms with E-state index in [-0.39, 0.29) is 6.04 Å². The number of nitrogens with one attached hydrogen (secondary N) is 1. The lowest BCUT2D eigenvalue weighted by atomic mass is 10.3. The van der Waals surface area contributed by atoms with Crippen LogP contribution in [0, 0.1) is 11.8 Å². The van der Waals surface area contributed by atoms with Gasteiger partial charge >= 0.3 is 5.97 Å². The molecule has 0 aromatic heterocycles. The molecule has 1 rings (SSSR count). The van der Waals surface area contributed by atoms with Gasteiger partial charge in [-0.2, -0.15) is 0 Å². The Morgan fingerprint density at radius 2 is 2.67 bits per heavy atom. The molecule has 1 N–H and O–H groups in total. The number of hydrogen-bond donors (Lipinski definition) is 1. The van der Waals surface area contributed by atoms with Gasteiger partial charge in [-0.1, -0.05) is 5.92 Å². The second kappa shape index (κ2) is 5.07. The zero-order chi connectivity index (χ0) is 8.81. The average Bonchev–Trinajstić information content (AvgIpc) is 2.53. The number of ether oxygens (including phenoxy) is 1. The van der Waals surface area contributed by atoms with Gasteiger partial charge in [0.25, 0.3) is 0 Å². The lowest BCUT2D eigenvalue weighted by molar-refractivity contribution is -0.136. The van der Waals surface area contributed by atoms with Crippen LogP contribution in [0.1, 0.15) is 6.92 Å². The van der Waals surface area contributed by atoms with E-state index in [0.29, 0.717) is 6.61 Å². The summed E-state index contributed by atoms with van der Waals surface area (Å²) >= 11 is 1.78. The minimum absolute atomic E-state index is 0.152. The highest BCUT2D eigenvalue weighted by molar-refractivity contribution is 7.99. The fourth-order valence-electron chi connectivity index (χ4n) is 0.801. The first kappa shape index (κ1) is 9.43. The molecular formula is C8H11NO2S. The van der Waals surface area contributed by atoms with E-state index in [4.69, 9.17) is 0 Å². The van der Waals surface area contributed by atoms with Gasteiger partial charge in [-0.15, -0.1) is 11.8 Å². The van der Waals surface area contributed by atoms with Crippen LogP contribution in [0.15, 0.2) is 0 Å². The van der Waals surface area contributed by atoms with E-state index >= 15 is 0 Å². The van der Waals surface area contributed by atoms with E-state index in [9.17, 15) is 4.79 Å². The molecule has 1 fully saturated rings. The first-order valence-corrected chi connectivity index (χ1v) is 4.98. The van der Waals surface area contributed by atoms with Gasteiger partial charge in [-0.05, 0) is 6.92 Å². The van der Waals surface area contributed by atoms with Crippen molar-refractivity contribution in [2.75, 3.05) is 18.2 Å². The Kier molecular flexibility index (Phi) is 3.98. The zero-order valence-corrected chi connectivity index (χ0v) is 7.74. The third kappa shape index (κ3) is 3.16. The van der Waals surface area contributed by atoms with Crippen LogP contribution < -0.4 is 5.32 Å². The molecule has 66 valence electrons. The SMILES string of the molecule is CCOC(=O)C#CC1CSCN1. The van der Waals surface area contributed by atoms with Crippen LogP contribution in [0.5, 0.6) is 0 Å². The van der Waals surface area contributed by atoms with Crippen molar-refractivity contribution >= 4 is 17.7 Å². The van der Waals surface area contributed by atoms with E-state index in [0.717, 1.165) is 11.6 Å². The predicted octanol–water partition coefficient (Wildman–Crippen LogP) is 0.215. The van der Waals surface area contributed by atoms with Crippen LogP contribution in [0.25, 0.3) is 0 Å². The summed E-state index contributed by atoms with van der Waals surface area (Å²) in [6, 6.07) is 0.152. The molecule has 0 aliphatic carbocycles. The lowest BCUT2D eigenvalue weighted by Crippen LogP contribution is -2.21. The Morgan fingerprint density at radius 1 is 1.83 bits per heavy atom. The first-order chi connectivity index (χ1) is 5.83. The van der Waals surface area contributed by atoms with Crippen LogP contribution >= 0.6 is 11.8 Å². The van der Waals surface area contributed by atoms with E-state index in [1.54, 1.807) is 18.7 Å². The molecular weight excluding hydrogens is 174 g/mol. The monoisotopic (exact) mass is 185 g/mol. The Balaban J connectivity index is 2.30. The lowest BCUT2D eigenvalue weighted by Gasteiger charge is -1.96. The molecule has 0 bridgehead atoms. The molecule has 1 heterocycles. The standard InChI is InChI=1S/C8H11NO2S/c1-2-11-8(10)4-3-7-5-12-6-9-7/h7,9H,2,5-6H2,1H3. The van der Waals surface area contributed by atoms with E-state index in [2.05, 4.69) is 21.9 Å². The maximum Gasteiger partial charge on any atom is 0.384 e. The van der Waals surface area contributed by atoms with Crippen molar-refractivity contribution in [2.24, 2.45) is 0 Å². The molecule has 0 amide bonds.